The second-order valence-corrected chi connectivity index (χ2v) is 10.2. The number of aromatic nitrogens is 1. The van der Waals surface area contributed by atoms with Gasteiger partial charge in [0, 0.05) is 24.4 Å². The summed E-state index contributed by atoms with van der Waals surface area (Å²) in [6.45, 7) is 0.162. The fourth-order valence-corrected chi connectivity index (χ4v) is 5.92. The Hall–Kier alpha value is -3.56. The maximum atomic E-state index is 13.4. The van der Waals surface area contributed by atoms with Gasteiger partial charge in [0.1, 0.15) is 24.8 Å². The third kappa shape index (κ3) is 5.42. The van der Waals surface area contributed by atoms with Gasteiger partial charge in [0.25, 0.3) is 5.56 Å². The number of nitrogens with one attached hydrogen (secondary N) is 1. The van der Waals surface area contributed by atoms with Crippen LogP contribution in [0.4, 0.5) is 4.79 Å². The highest BCUT2D eigenvalue weighted by Crippen LogP contribution is 2.33. The summed E-state index contributed by atoms with van der Waals surface area (Å²) in [5.74, 6) is -1.00. The van der Waals surface area contributed by atoms with Gasteiger partial charge in [-0.2, -0.15) is 0 Å². The average Bonchev–Trinajstić information content (AvgIpc) is 3.50. The molecule has 1 saturated heterocycles. The molecule has 3 heterocycles. The maximum absolute atomic E-state index is 13.4. The zero-order valence-electron chi connectivity index (χ0n) is 20.8. The first-order valence-corrected chi connectivity index (χ1v) is 13.2. The Bertz CT molecular complexity index is 1240. The molecule has 10 nitrogen and oxygen atoms in total. The smallest absolute Gasteiger partial charge is 0.407 e. The Morgan fingerprint density at radius 2 is 1.81 bits per heavy atom. The minimum Gasteiger partial charge on any atom is -0.480 e. The van der Waals surface area contributed by atoms with Crippen LogP contribution in [0.25, 0.3) is 10.8 Å². The molecule has 5 rings (SSSR count). The van der Waals surface area contributed by atoms with Crippen LogP contribution in [0.3, 0.4) is 0 Å². The minimum absolute atomic E-state index is 0.0399. The summed E-state index contributed by atoms with van der Waals surface area (Å²) in [4.78, 5) is 51.8. The number of nitrogens with zero attached hydrogens (tertiary/aromatic N) is 2. The van der Waals surface area contributed by atoms with Crippen molar-refractivity contribution >= 4 is 28.7 Å². The van der Waals surface area contributed by atoms with E-state index in [2.05, 4.69) is 5.32 Å². The predicted octanol–water partition coefficient (Wildman–Crippen LogP) is 2.90. The van der Waals surface area contributed by atoms with Crippen LogP contribution in [0, 0.1) is 5.92 Å². The lowest BCUT2D eigenvalue weighted by Gasteiger charge is -2.23. The summed E-state index contributed by atoms with van der Waals surface area (Å²) in [5.41, 5.74) is -0.143. The summed E-state index contributed by atoms with van der Waals surface area (Å²) in [7, 11) is 0. The number of amides is 2. The van der Waals surface area contributed by atoms with E-state index < -0.39 is 30.1 Å². The van der Waals surface area contributed by atoms with Crippen molar-refractivity contribution in [2.24, 2.45) is 5.92 Å². The lowest BCUT2D eigenvalue weighted by molar-refractivity contribution is -0.147. The van der Waals surface area contributed by atoms with Gasteiger partial charge in [0.05, 0.1) is 6.54 Å². The predicted molar refractivity (Wildman–Crippen MR) is 134 cm³/mol. The molecule has 4 atom stereocenters. The van der Waals surface area contributed by atoms with E-state index in [9.17, 15) is 24.3 Å². The largest absolute Gasteiger partial charge is 0.480 e. The van der Waals surface area contributed by atoms with Gasteiger partial charge in [-0.05, 0) is 49.5 Å². The molecule has 2 aliphatic heterocycles. The number of hydrogen-bond acceptors (Lipinski definition) is 6. The van der Waals surface area contributed by atoms with Crippen LogP contribution in [0.5, 0.6) is 5.88 Å². The van der Waals surface area contributed by atoms with E-state index >= 15 is 0 Å². The Kier molecular flexibility index (Phi) is 7.34. The molecule has 0 radical (unpaired) electrons. The Balaban J connectivity index is 1.44. The number of hydrogen-bond donors (Lipinski definition) is 2. The normalized spacial score (nSPS) is 27.3. The molecule has 2 bridgehead atoms. The fraction of sp³-hybridized carbons (Fsp3) is 0.556. The maximum Gasteiger partial charge on any atom is 0.407 e. The lowest BCUT2D eigenvalue weighted by atomic mass is 9.98. The summed E-state index contributed by atoms with van der Waals surface area (Å²) >= 11 is 0. The molecular formula is C27H33N3O7. The van der Waals surface area contributed by atoms with Crippen molar-refractivity contribution in [3.05, 3.63) is 40.7 Å². The second-order valence-electron chi connectivity index (χ2n) is 10.2. The lowest BCUT2D eigenvalue weighted by Crippen LogP contribution is -2.46. The van der Waals surface area contributed by atoms with Crippen LogP contribution >= 0.6 is 0 Å². The Morgan fingerprint density at radius 3 is 2.65 bits per heavy atom. The summed E-state index contributed by atoms with van der Waals surface area (Å²) in [5, 5.41) is 13.6. The molecule has 0 spiro atoms. The van der Waals surface area contributed by atoms with Gasteiger partial charge < -0.3 is 24.8 Å². The highest BCUT2D eigenvalue weighted by Gasteiger charge is 2.41. The van der Waals surface area contributed by atoms with E-state index in [0.717, 1.165) is 50.3 Å². The summed E-state index contributed by atoms with van der Waals surface area (Å²) in [6.07, 6.45) is 5.02. The number of aliphatic carboxylic acids is 1. The second kappa shape index (κ2) is 10.8. The Labute approximate surface area is 214 Å². The molecule has 2 N–H and O–H groups in total. The van der Waals surface area contributed by atoms with Crippen LogP contribution < -0.4 is 15.6 Å². The van der Waals surface area contributed by atoms with Gasteiger partial charge >= 0.3 is 12.1 Å². The molecule has 1 aromatic heterocycles. The van der Waals surface area contributed by atoms with E-state index in [4.69, 9.17) is 9.47 Å². The van der Waals surface area contributed by atoms with E-state index in [1.165, 1.54) is 4.90 Å². The SMILES string of the molecule is O=C1NCC(=O)N2C[C@@H](C[C@H]2C(=O)O)Oc2cc3ccccc3c(=O)n2CCCCC[C@@H]2CCC[C@H]2O1. The number of carboxylic acids is 1. The first-order chi connectivity index (χ1) is 17.9. The zero-order valence-corrected chi connectivity index (χ0v) is 20.8. The minimum atomic E-state index is -1.14. The fourth-order valence-electron chi connectivity index (χ4n) is 5.92. The number of pyridine rings is 1. The monoisotopic (exact) mass is 511 g/mol. The molecule has 3 aliphatic rings. The van der Waals surface area contributed by atoms with Crippen LogP contribution in [-0.2, 0) is 20.9 Å². The van der Waals surface area contributed by atoms with Crippen molar-refractivity contribution in [2.45, 2.75) is 76.2 Å². The summed E-state index contributed by atoms with van der Waals surface area (Å²) < 4.78 is 13.5. The molecule has 2 amide bonds. The van der Waals surface area contributed by atoms with Gasteiger partial charge in [-0.3, -0.25) is 14.2 Å². The molecule has 1 aromatic carbocycles. The quantitative estimate of drug-likeness (QED) is 0.603. The molecule has 1 saturated carbocycles. The van der Waals surface area contributed by atoms with Crippen molar-refractivity contribution < 1.29 is 29.0 Å². The van der Waals surface area contributed by atoms with Gasteiger partial charge in [0.15, 0.2) is 5.88 Å². The number of carbonyl (C=O) groups excluding carboxylic acids is 2. The molecule has 0 unspecified atom stereocenters. The van der Waals surface area contributed by atoms with E-state index in [-0.39, 0.29) is 37.1 Å². The van der Waals surface area contributed by atoms with E-state index in [0.29, 0.717) is 17.8 Å². The van der Waals surface area contributed by atoms with Crippen molar-refractivity contribution in [2.75, 3.05) is 13.1 Å². The van der Waals surface area contributed by atoms with E-state index in [1.54, 1.807) is 10.6 Å². The number of ether oxygens (including phenoxy) is 2. The van der Waals surface area contributed by atoms with Crippen molar-refractivity contribution in [3.8, 4) is 5.88 Å². The highest BCUT2D eigenvalue weighted by molar-refractivity contribution is 5.87. The number of carbonyl (C=O) groups is 3. The third-order valence-corrected chi connectivity index (χ3v) is 7.83. The molecule has 1 aliphatic carbocycles. The molecule has 2 fully saturated rings. The van der Waals surface area contributed by atoms with Crippen LogP contribution in [0.1, 0.15) is 51.4 Å². The molecule has 2 aromatic rings. The third-order valence-electron chi connectivity index (χ3n) is 7.83. The number of benzene rings is 1. The van der Waals surface area contributed by atoms with Crippen LogP contribution in [-0.4, -0.2) is 63.9 Å². The number of rotatable bonds is 1. The standard InChI is InChI=1S/C27H33N3O7/c31-23-15-28-27(35)37-22-11-6-9-17(22)7-2-1-5-12-29-24(13-18-8-3-4-10-20(18)25(29)32)36-19-14-21(26(33)34)30(23)16-19/h3-4,8,10,13,17,19,21-22H,1-2,5-7,9,11-12,14-16H2,(H,28,35)(H,33,34)/t17-,19-,21+,22-/m1/s1. The number of alkyl carbamates (subject to hydrolysis) is 1. The molecular weight excluding hydrogens is 478 g/mol. The van der Waals surface area contributed by atoms with Crippen LogP contribution in [0.2, 0.25) is 0 Å². The van der Waals surface area contributed by atoms with Crippen molar-refractivity contribution in [1.82, 2.24) is 14.8 Å². The van der Waals surface area contributed by atoms with Gasteiger partial charge in [-0.25, -0.2) is 9.59 Å². The molecule has 37 heavy (non-hydrogen) atoms. The molecule has 198 valence electrons. The topological polar surface area (TPSA) is 127 Å². The van der Waals surface area contributed by atoms with Crippen molar-refractivity contribution in [1.29, 1.82) is 0 Å². The first-order valence-electron chi connectivity index (χ1n) is 13.2. The van der Waals surface area contributed by atoms with Gasteiger partial charge in [-0.15, -0.1) is 0 Å². The number of carboxylic acid groups (broad SMARTS) is 1. The van der Waals surface area contributed by atoms with Gasteiger partial charge in [0.2, 0.25) is 5.91 Å². The van der Waals surface area contributed by atoms with Crippen LogP contribution in [0.15, 0.2) is 35.1 Å². The molecule has 10 heteroatoms. The van der Waals surface area contributed by atoms with Gasteiger partial charge in [-0.1, -0.05) is 31.0 Å². The highest BCUT2D eigenvalue weighted by atomic mass is 16.6. The first kappa shape index (κ1) is 25.1. The average molecular weight is 512 g/mol. The summed E-state index contributed by atoms with van der Waals surface area (Å²) in [6, 6.07) is 8.05. The zero-order chi connectivity index (χ0) is 25.9. The van der Waals surface area contributed by atoms with E-state index in [1.807, 2.05) is 24.3 Å². The Morgan fingerprint density at radius 1 is 1.00 bits per heavy atom. The van der Waals surface area contributed by atoms with Crippen molar-refractivity contribution in [3.63, 3.8) is 0 Å². The number of fused-ring (bicyclic) bond motifs is 5.